The monoisotopic (exact) mass is 256 g/mol. The Kier molecular flexibility index (Phi) is 5.28. The van der Waals surface area contributed by atoms with Crippen molar-refractivity contribution < 1.29 is 19.4 Å². The largest absolute Gasteiger partial charge is 0.480 e. The third-order valence-corrected chi connectivity index (χ3v) is 2.38. The molecule has 0 bridgehead atoms. The third-order valence-electron chi connectivity index (χ3n) is 2.38. The maximum atomic E-state index is 11.6. The van der Waals surface area contributed by atoms with Crippen molar-refractivity contribution in [3.05, 3.63) is 18.2 Å². The second-order valence-corrected chi connectivity index (χ2v) is 3.64. The molecule has 1 aromatic rings. The van der Waals surface area contributed by atoms with Crippen LogP contribution in [-0.2, 0) is 20.7 Å². The van der Waals surface area contributed by atoms with Gasteiger partial charge in [-0.15, -0.1) is 0 Å². The molecule has 0 fully saturated rings. The van der Waals surface area contributed by atoms with Crippen LogP contribution in [0.25, 0.3) is 0 Å². The van der Waals surface area contributed by atoms with Crippen LogP contribution >= 0.6 is 0 Å². The van der Waals surface area contributed by atoms with Crippen molar-refractivity contribution >= 4 is 11.9 Å². The zero-order valence-electron chi connectivity index (χ0n) is 9.92. The van der Waals surface area contributed by atoms with Crippen molar-refractivity contribution in [2.24, 2.45) is 5.73 Å². The van der Waals surface area contributed by atoms with E-state index in [9.17, 15) is 9.59 Å². The number of H-pyrrole nitrogens is 1. The maximum Gasteiger partial charge on any atom is 0.326 e. The average molecular weight is 256 g/mol. The minimum atomic E-state index is -1.13. The van der Waals surface area contributed by atoms with Gasteiger partial charge in [-0.25, -0.2) is 9.78 Å². The van der Waals surface area contributed by atoms with Crippen LogP contribution in [0.4, 0.5) is 0 Å². The van der Waals surface area contributed by atoms with Crippen LogP contribution in [0.3, 0.4) is 0 Å². The molecule has 0 aliphatic carbocycles. The lowest BCUT2D eigenvalue weighted by Gasteiger charge is -2.17. The van der Waals surface area contributed by atoms with Gasteiger partial charge in [-0.05, 0) is 0 Å². The van der Waals surface area contributed by atoms with Crippen LogP contribution in [-0.4, -0.2) is 52.8 Å². The zero-order valence-corrected chi connectivity index (χ0v) is 9.92. The summed E-state index contributed by atoms with van der Waals surface area (Å²) in [5, 5.41) is 11.4. The predicted octanol–water partition coefficient (Wildman–Crippen LogP) is -1.50. The average Bonchev–Trinajstić information content (AvgIpc) is 2.82. The molecule has 2 unspecified atom stereocenters. The number of hydrogen-bond donors (Lipinski definition) is 4. The highest BCUT2D eigenvalue weighted by atomic mass is 16.5. The summed E-state index contributed by atoms with van der Waals surface area (Å²) in [6.07, 6.45) is 2.20. The number of imidazole rings is 1. The van der Waals surface area contributed by atoms with E-state index in [0.717, 1.165) is 0 Å². The smallest absolute Gasteiger partial charge is 0.326 e. The highest BCUT2D eigenvalue weighted by Gasteiger charge is 2.24. The highest BCUT2D eigenvalue weighted by Crippen LogP contribution is 2.00. The number of methoxy groups -OCH3 is 1. The molecule has 0 spiro atoms. The summed E-state index contributed by atoms with van der Waals surface area (Å²) >= 11 is 0. The lowest BCUT2D eigenvalue weighted by atomic mass is 10.1. The number of hydrogen-bond acceptors (Lipinski definition) is 5. The Balaban J connectivity index is 2.63. The summed E-state index contributed by atoms with van der Waals surface area (Å²) in [4.78, 5) is 29.2. The van der Waals surface area contributed by atoms with Gasteiger partial charge in [0.2, 0.25) is 0 Å². The van der Waals surface area contributed by atoms with Crippen LogP contribution in [0, 0.1) is 0 Å². The molecule has 0 saturated carbocycles. The van der Waals surface area contributed by atoms with E-state index < -0.39 is 24.0 Å². The number of aromatic amines is 1. The van der Waals surface area contributed by atoms with Crippen LogP contribution in [0.5, 0.6) is 0 Å². The van der Waals surface area contributed by atoms with E-state index in [1.165, 1.54) is 19.6 Å². The predicted molar refractivity (Wildman–Crippen MR) is 61.7 cm³/mol. The Morgan fingerprint density at radius 3 is 2.83 bits per heavy atom. The molecule has 1 aromatic heterocycles. The van der Waals surface area contributed by atoms with Gasteiger partial charge in [0, 0.05) is 32.0 Å². The van der Waals surface area contributed by atoms with Crippen LogP contribution in [0.15, 0.2) is 12.5 Å². The van der Waals surface area contributed by atoms with Crippen LogP contribution < -0.4 is 11.1 Å². The first kappa shape index (κ1) is 14.1. The van der Waals surface area contributed by atoms with Gasteiger partial charge in [0.25, 0.3) is 5.91 Å². The van der Waals surface area contributed by atoms with Crippen LogP contribution in [0.1, 0.15) is 5.69 Å². The number of aromatic nitrogens is 2. The first-order valence-corrected chi connectivity index (χ1v) is 5.31. The van der Waals surface area contributed by atoms with Crippen LogP contribution in [0.2, 0.25) is 0 Å². The lowest BCUT2D eigenvalue weighted by Crippen LogP contribution is -2.49. The number of aliphatic carboxylic acids is 1. The number of rotatable bonds is 7. The van der Waals surface area contributed by atoms with E-state index in [1.807, 2.05) is 0 Å². The van der Waals surface area contributed by atoms with E-state index in [0.29, 0.717) is 5.69 Å². The SMILES string of the molecule is COC(CN)C(=O)NC(Cc1cnc[nH]1)C(=O)O. The third kappa shape index (κ3) is 3.82. The Bertz CT molecular complexity index is 389. The van der Waals surface area contributed by atoms with E-state index >= 15 is 0 Å². The normalized spacial score (nSPS) is 13.9. The molecule has 8 nitrogen and oxygen atoms in total. The van der Waals surface area contributed by atoms with Gasteiger partial charge < -0.3 is 25.9 Å². The van der Waals surface area contributed by atoms with Gasteiger partial charge in [0.1, 0.15) is 12.1 Å². The molecule has 1 rings (SSSR count). The summed E-state index contributed by atoms with van der Waals surface area (Å²) in [6.45, 7) is -0.0151. The first-order valence-electron chi connectivity index (χ1n) is 5.31. The number of carboxylic acids is 1. The second-order valence-electron chi connectivity index (χ2n) is 3.64. The number of amides is 1. The summed E-state index contributed by atoms with van der Waals surface area (Å²) in [6, 6.07) is -1.05. The lowest BCUT2D eigenvalue weighted by molar-refractivity contribution is -0.143. The van der Waals surface area contributed by atoms with Crippen molar-refractivity contribution in [2.75, 3.05) is 13.7 Å². The minimum Gasteiger partial charge on any atom is -0.480 e. The molecule has 0 radical (unpaired) electrons. The molecule has 0 saturated heterocycles. The quantitative estimate of drug-likeness (QED) is 0.469. The topological polar surface area (TPSA) is 130 Å². The molecule has 1 heterocycles. The zero-order chi connectivity index (χ0) is 13.5. The molecule has 0 aliphatic heterocycles. The maximum absolute atomic E-state index is 11.6. The number of carbonyl (C=O) groups excluding carboxylic acids is 1. The number of ether oxygens (including phenoxy) is 1. The summed E-state index contributed by atoms with van der Waals surface area (Å²) in [5.41, 5.74) is 5.94. The van der Waals surface area contributed by atoms with Gasteiger partial charge in [-0.3, -0.25) is 4.79 Å². The summed E-state index contributed by atoms with van der Waals surface area (Å²) in [7, 11) is 1.34. The van der Waals surface area contributed by atoms with Crippen molar-refractivity contribution in [1.82, 2.24) is 15.3 Å². The highest BCUT2D eigenvalue weighted by molar-refractivity contribution is 5.86. The Labute approximate surface area is 104 Å². The molecule has 18 heavy (non-hydrogen) atoms. The number of nitrogens with zero attached hydrogens (tertiary/aromatic N) is 1. The Hall–Kier alpha value is -1.93. The fraction of sp³-hybridized carbons (Fsp3) is 0.500. The van der Waals surface area contributed by atoms with Gasteiger partial charge >= 0.3 is 5.97 Å². The van der Waals surface area contributed by atoms with Gasteiger partial charge in [-0.1, -0.05) is 0 Å². The van der Waals surface area contributed by atoms with E-state index in [-0.39, 0.29) is 13.0 Å². The molecule has 8 heteroatoms. The van der Waals surface area contributed by atoms with E-state index in [1.54, 1.807) is 0 Å². The standard InChI is InChI=1S/C10H16N4O4/c1-18-8(3-11)9(15)14-7(10(16)17)2-6-4-12-5-13-6/h4-5,7-8H,2-3,11H2,1H3,(H,12,13)(H,14,15)(H,16,17). The number of nitrogens with two attached hydrogens (primary N) is 1. The molecular weight excluding hydrogens is 240 g/mol. The first-order chi connectivity index (χ1) is 8.58. The van der Waals surface area contributed by atoms with Gasteiger partial charge in [0.05, 0.1) is 6.33 Å². The van der Waals surface area contributed by atoms with E-state index in [2.05, 4.69) is 15.3 Å². The Morgan fingerprint density at radius 2 is 2.39 bits per heavy atom. The molecular formula is C10H16N4O4. The molecule has 2 atom stereocenters. The number of carbonyl (C=O) groups is 2. The number of carboxylic acid groups (broad SMARTS) is 1. The fourth-order valence-corrected chi connectivity index (χ4v) is 1.39. The van der Waals surface area contributed by atoms with E-state index in [4.69, 9.17) is 15.6 Å². The Morgan fingerprint density at radius 1 is 1.67 bits per heavy atom. The molecule has 0 aromatic carbocycles. The molecule has 1 amide bonds. The number of nitrogens with one attached hydrogen (secondary N) is 2. The summed E-state index contributed by atoms with van der Waals surface area (Å²) in [5.74, 6) is -1.68. The molecule has 5 N–H and O–H groups in total. The van der Waals surface area contributed by atoms with Crippen molar-refractivity contribution in [1.29, 1.82) is 0 Å². The molecule has 0 aliphatic rings. The second kappa shape index (κ2) is 6.72. The fourth-order valence-electron chi connectivity index (χ4n) is 1.39. The molecule has 100 valence electrons. The van der Waals surface area contributed by atoms with Gasteiger partial charge in [0.15, 0.2) is 0 Å². The summed E-state index contributed by atoms with van der Waals surface area (Å²) < 4.78 is 4.83. The van der Waals surface area contributed by atoms with Crippen molar-refractivity contribution in [3.63, 3.8) is 0 Å². The van der Waals surface area contributed by atoms with Crippen molar-refractivity contribution in [3.8, 4) is 0 Å². The van der Waals surface area contributed by atoms with Crippen molar-refractivity contribution in [2.45, 2.75) is 18.6 Å². The van der Waals surface area contributed by atoms with Gasteiger partial charge in [-0.2, -0.15) is 0 Å². The minimum absolute atomic E-state index is 0.0151.